The van der Waals surface area contributed by atoms with E-state index in [0.29, 0.717) is 6.42 Å². The highest BCUT2D eigenvalue weighted by Gasteiger charge is 2.37. The first-order valence-electron chi connectivity index (χ1n) is 8.13. The minimum absolute atomic E-state index is 0. The third-order valence-corrected chi connectivity index (χ3v) is 4.55. The van der Waals surface area contributed by atoms with Crippen LogP contribution in [0.1, 0.15) is 43.2 Å². The van der Waals surface area contributed by atoms with E-state index in [1.165, 1.54) is 12.1 Å². The Morgan fingerprint density at radius 3 is 2.50 bits per heavy atom. The summed E-state index contributed by atoms with van der Waals surface area (Å²) in [6.45, 7) is 0.962. The van der Waals surface area contributed by atoms with Crippen molar-refractivity contribution < 1.29 is 18.0 Å². The lowest BCUT2D eigenvalue weighted by atomic mass is 10.1. The molecule has 1 saturated carbocycles. The van der Waals surface area contributed by atoms with Gasteiger partial charge in [0.2, 0.25) is 5.91 Å². The normalized spacial score (nSPS) is 20.5. The smallest absolute Gasteiger partial charge is 0.335 e. The van der Waals surface area contributed by atoms with E-state index >= 15 is 0 Å². The molecule has 3 nitrogen and oxygen atoms in total. The first kappa shape index (κ1) is 19.1. The zero-order valence-corrected chi connectivity index (χ0v) is 14.1. The Labute approximate surface area is 146 Å². The number of hydrogen-bond donors (Lipinski definition) is 1. The number of halogens is 4. The number of hydrogen-bond acceptors (Lipinski definition) is 2. The highest BCUT2D eigenvalue weighted by atomic mass is 35.5. The predicted octanol–water partition coefficient (Wildman–Crippen LogP) is 3.76. The molecule has 1 unspecified atom stereocenters. The first-order chi connectivity index (χ1) is 10.9. The lowest BCUT2D eigenvalue weighted by molar-refractivity contribution is -0.140. The van der Waals surface area contributed by atoms with E-state index in [0.717, 1.165) is 38.3 Å². The Morgan fingerprint density at radius 1 is 1.21 bits per heavy atom. The van der Waals surface area contributed by atoms with Gasteiger partial charge in [0, 0.05) is 25.0 Å². The molecule has 1 heterocycles. The number of nitrogens with zero attached hydrogens (tertiary/aromatic N) is 1. The molecule has 24 heavy (non-hydrogen) atoms. The standard InChI is InChI=1S/C17H21F3N2O.ClH/c18-17(19,20)15-6-2-1-4-12(15)11-22(14-7-8-14)16(23)10-13-5-3-9-21-13;/h1-2,4,6,13-14,21H,3,5,7-11H2;1H. The van der Waals surface area contributed by atoms with Crippen molar-refractivity contribution in [3.05, 3.63) is 35.4 Å². The maximum atomic E-state index is 13.1. The second-order valence-electron chi connectivity index (χ2n) is 6.41. The van der Waals surface area contributed by atoms with Gasteiger partial charge in [0.1, 0.15) is 0 Å². The first-order valence-corrected chi connectivity index (χ1v) is 8.13. The lowest BCUT2D eigenvalue weighted by Gasteiger charge is -2.25. The van der Waals surface area contributed by atoms with Crippen molar-refractivity contribution in [3.8, 4) is 0 Å². The Hall–Kier alpha value is -1.27. The lowest BCUT2D eigenvalue weighted by Crippen LogP contribution is -2.37. The van der Waals surface area contributed by atoms with E-state index in [-0.39, 0.29) is 42.5 Å². The molecule has 0 bridgehead atoms. The van der Waals surface area contributed by atoms with Crippen LogP contribution in [0.25, 0.3) is 0 Å². The molecule has 0 radical (unpaired) electrons. The highest BCUT2D eigenvalue weighted by Crippen LogP contribution is 2.35. The molecular weight excluding hydrogens is 341 g/mol. The summed E-state index contributed by atoms with van der Waals surface area (Å²) in [5, 5.41) is 3.27. The van der Waals surface area contributed by atoms with Gasteiger partial charge in [0.15, 0.2) is 0 Å². The fraction of sp³-hybridized carbons (Fsp3) is 0.588. The molecule has 1 amide bonds. The molecule has 7 heteroatoms. The summed E-state index contributed by atoms with van der Waals surface area (Å²) in [6, 6.07) is 5.81. The van der Waals surface area contributed by atoms with Crippen molar-refractivity contribution in [2.75, 3.05) is 6.54 Å². The van der Waals surface area contributed by atoms with Gasteiger partial charge < -0.3 is 10.2 Å². The predicted molar refractivity (Wildman–Crippen MR) is 87.9 cm³/mol. The van der Waals surface area contributed by atoms with Crippen LogP contribution in [0.3, 0.4) is 0 Å². The van der Waals surface area contributed by atoms with Crippen molar-refractivity contribution in [1.82, 2.24) is 10.2 Å². The molecule has 2 fully saturated rings. The molecule has 1 atom stereocenters. The number of rotatable bonds is 5. The van der Waals surface area contributed by atoms with E-state index < -0.39 is 11.7 Å². The van der Waals surface area contributed by atoms with E-state index in [9.17, 15) is 18.0 Å². The Balaban J connectivity index is 0.00000208. The van der Waals surface area contributed by atoms with Crippen molar-refractivity contribution >= 4 is 18.3 Å². The number of amides is 1. The molecule has 1 saturated heterocycles. The molecule has 1 aliphatic carbocycles. The van der Waals surface area contributed by atoms with Gasteiger partial charge in [-0.05, 0) is 43.9 Å². The Bertz CT molecular complexity index is 569. The minimum atomic E-state index is -4.39. The topological polar surface area (TPSA) is 32.3 Å². The molecule has 1 N–H and O–H groups in total. The molecule has 2 aliphatic rings. The average Bonchev–Trinajstić information content (AvgIpc) is 3.21. The number of carbonyl (C=O) groups is 1. The number of nitrogens with one attached hydrogen (secondary N) is 1. The average molecular weight is 363 g/mol. The van der Waals surface area contributed by atoms with Crippen molar-refractivity contribution in [1.29, 1.82) is 0 Å². The molecule has 1 aliphatic heterocycles. The highest BCUT2D eigenvalue weighted by molar-refractivity contribution is 5.85. The summed E-state index contributed by atoms with van der Waals surface area (Å²) >= 11 is 0. The van der Waals surface area contributed by atoms with Crippen LogP contribution in [-0.2, 0) is 17.5 Å². The van der Waals surface area contributed by atoms with Crippen LogP contribution in [0.15, 0.2) is 24.3 Å². The fourth-order valence-electron chi connectivity index (χ4n) is 3.18. The van der Waals surface area contributed by atoms with Crippen LogP contribution in [0.2, 0.25) is 0 Å². The van der Waals surface area contributed by atoms with Crippen LogP contribution in [0.5, 0.6) is 0 Å². The Kier molecular flexibility index (Phi) is 6.15. The second-order valence-corrected chi connectivity index (χ2v) is 6.41. The van der Waals surface area contributed by atoms with E-state index in [1.54, 1.807) is 11.0 Å². The van der Waals surface area contributed by atoms with Gasteiger partial charge in [-0.1, -0.05) is 18.2 Å². The number of benzene rings is 1. The van der Waals surface area contributed by atoms with Gasteiger partial charge in [0.05, 0.1) is 5.56 Å². The third kappa shape index (κ3) is 4.63. The van der Waals surface area contributed by atoms with Gasteiger partial charge >= 0.3 is 6.18 Å². The van der Waals surface area contributed by atoms with Crippen molar-refractivity contribution in [2.45, 2.75) is 56.9 Å². The molecule has 134 valence electrons. The quantitative estimate of drug-likeness (QED) is 0.865. The molecule has 0 spiro atoms. The minimum Gasteiger partial charge on any atom is -0.335 e. The zero-order chi connectivity index (χ0) is 16.4. The van der Waals surface area contributed by atoms with E-state index in [2.05, 4.69) is 5.32 Å². The summed E-state index contributed by atoms with van der Waals surface area (Å²) in [7, 11) is 0. The fourth-order valence-corrected chi connectivity index (χ4v) is 3.18. The second kappa shape index (κ2) is 7.74. The summed E-state index contributed by atoms with van der Waals surface area (Å²) in [6.07, 6.45) is -0.218. The van der Waals surface area contributed by atoms with Gasteiger partial charge in [0.25, 0.3) is 0 Å². The number of alkyl halides is 3. The van der Waals surface area contributed by atoms with Crippen LogP contribution in [0, 0.1) is 0 Å². The zero-order valence-electron chi connectivity index (χ0n) is 13.3. The molecule has 3 rings (SSSR count). The summed E-state index contributed by atoms with van der Waals surface area (Å²) in [5.74, 6) is -0.0381. The monoisotopic (exact) mass is 362 g/mol. The van der Waals surface area contributed by atoms with Gasteiger partial charge in [-0.25, -0.2) is 0 Å². The molecular formula is C17H22ClF3N2O. The van der Waals surface area contributed by atoms with Crippen molar-refractivity contribution in [2.24, 2.45) is 0 Å². The van der Waals surface area contributed by atoms with Gasteiger partial charge in [-0.15, -0.1) is 12.4 Å². The Morgan fingerprint density at radius 2 is 1.92 bits per heavy atom. The maximum absolute atomic E-state index is 13.1. The maximum Gasteiger partial charge on any atom is 0.416 e. The molecule has 1 aromatic rings. The number of carbonyl (C=O) groups excluding carboxylic acids is 1. The molecule has 0 aromatic heterocycles. The van der Waals surface area contributed by atoms with Crippen LogP contribution >= 0.6 is 12.4 Å². The van der Waals surface area contributed by atoms with Gasteiger partial charge in [-0.2, -0.15) is 13.2 Å². The van der Waals surface area contributed by atoms with Gasteiger partial charge in [-0.3, -0.25) is 4.79 Å². The van der Waals surface area contributed by atoms with Crippen LogP contribution in [0.4, 0.5) is 13.2 Å². The largest absolute Gasteiger partial charge is 0.416 e. The van der Waals surface area contributed by atoms with E-state index in [1.807, 2.05) is 0 Å². The summed E-state index contributed by atoms with van der Waals surface area (Å²) in [5.41, 5.74) is -0.461. The van der Waals surface area contributed by atoms with Crippen molar-refractivity contribution in [3.63, 3.8) is 0 Å². The van der Waals surface area contributed by atoms with Crippen LogP contribution < -0.4 is 5.32 Å². The summed E-state index contributed by atoms with van der Waals surface area (Å²) in [4.78, 5) is 14.2. The SMILES string of the molecule is Cl.O=C(CC1CCCN1)N(Cc1ccccc1C(F)(F)F)C1CC1. The van der Waals surface area contributed by atoms with Crippen LogP contribution in [-0.4, -0.2) is 29.4 Å². The summed E-state index contributed by atoms with van der Waals surface area (Å²) < 4.78 is 39.4. The third-order valence-electron chi connectivity index (χ3n) is 4.55. The molecule has 1 aromatic carbocycles. The van der Waals surface area contributed by atoms with E-state index in [4.69, 9.17) is 0 Å².